The smallest absolute Gasteiger partial charge is 0.118 e. The molecule has 0 amide bonds. The highest BCUT2D eigenvalue weighted by atomic mass is 35.5. The van der Waals surface area contributed by atoms with Crippen LogP contribution in [-0.4, -0.2) is 12.2 Å². The first-order valence-corrected chi connectivity index (χ1v) is 6.64. The molecule has 0 radical (unpaired) electrons. The van der Waals surface area contributed by atoms with Crippen molar-refractivity contribution in [1.29, 1.82) is 0 Å². The third-order valence-electron chi connectivity index (χ3n) is 2.50. The minimum absolute atomic E-state index is 0.0148. The summed E-state index contributed by atoms with van der Waals surface area (Å²) in [7, 11) is 1.64. The van der Waals surface area contributed by atoms with E-state index in [0.29, 0.717) is 5.02 Å². The van der Waals surface area contributed by atoms with E-state index in [9.17, 15) is 5.11 Å². The van der Waals surface area contributed by atoms with E-state index in [-0.39, 0.29) is 6.61 Å². The Morgan fingerprint density at radius 3 is 2.50 bits per heavy atom. The van der Waals surface area contributed by atoms with Crippen LogP contribution in [0, 0.1) is 0 Å². The van der Waals surface area contributed by atoms with Crippen molar-refractivity contribution in [3.05, 3.63) is 53.1 Å². The van der Waals surface area contributed by atoms with E-state index in [1.165, 1.54) is 11.8 Å². The van der Waals surface area contributed by atoms with Crippen molar-refractivity contribution in [3.63, 3.8) is 0 Å². The Morgan fingerprint density at radius 2 is 1.89 bits per heavy atom. The second-order valence-corrected chi connectivity index (χ2v) is 5.15. The van der Waals surface area contributed by atoms with Crippen LogP contribution in [0.3, 0.4) is 0 Å². The molecule has 1 N–H and O–H groups in total. The van der Waals surface area contributed by atoms with E-state index in [1.807, 2.05) is 42.5 Å². The van der Waals surface area contributed by atoms with Gasteiger partial charge in [-0.15, -0.1) is 0 Å². The molecule has 18 heavy (non-hydrogen) atoms. The molecule has 0 aliphatic heterocycles. The molecule has 2 aromatic carbocycles. The Kier molecular flexibility index (Phi) is 4.53. The van der Waals surface area contributed by atoms with E-state index < -0.39 is 0 Å². The van der Waals surface area contributed by atoms with Gasteiger partial charge in [-0.1, -0.05) is 35.5 Å². The molecule has 0 saturated carbocycles. The molecular weight excluding hydrogens is 268 g/mol. The fourth-order valence-corrected chi connectivity index (χ4v) is 2.80. The van der Waals surface area contributed by atoms with Crippen LogP contribution in [0.4, 0.5) is 0 Å². The van der Waals surface area contributed by atoms with Crippen molar-refractivity contribution in [2.24, 2.45) is 0 Å². The number of benzene rings is 2. The molecule has 2 rings (SSSR count). The van der Waals surface area contributed by atoms with Crippen LogP contribution in [0.1, 0.15) is 5.56 Å². The Hall–Kier alpha value is -1.16. The van der Waals surface area contributed by atoms with Crippen LogP contribution >= 0.6 is 23.4 Å². The minimum atomic E-state index is -0.0148. The fraction of sp³-hybridized carbons (Fsp3) is 0.143. The van der Waals surface area contributed by atoms with Gasteiger partial charge >= 0.3 is 0 Å². The average molecular weight is 281 g/mol. The van der Waals surface area contributed by atoms with Crippen molar-refractivity contribution in [2.45, 2.75) is 16.4 Å². The lowest BCUT2D eigenvalue weighted by atomic mass is 10.2. The van der Waals surface area contributed by atoms with Crippen molar-refractivity contribution < 1.29 is 9.84 Å². The molecule has 0 aliphatic rings. The lowest BCUT2D eigenvalue weighted by molar-refractivity contribution is 0.279. The van der Waals surface area contributed by atoms with Gasteiger partial charge in [-0.05, 0) is 35.9 Å². The minimum Gasteiger partial charge on any atom is -0.497 e. The van der Waals surface area contributed by atoms with Crippen LogP contribution in [0.15, 0.2) is 52.3 Å². The van der Waals surface area contributed by atoms with Crippen molar-refractivity contribution in [2.75, 3.05) is 7.11 Å². The van der Waals surface area contributed by atoms with Gasteiger partial charge in [0.1, 0.15) is 5.75 Å². The first kappa shape index (κ1) is 13.3. The molecule has 0 atom stereocenters. The van der Waals surface area contributed by atoms with Crippen LogP contribution in [0.2, 0.25) is 5.02 Å². The molecule has 94 valence electrons. The highest BCUT2D eigenvalue weighted by Crippen LogP contribution is 2.36. The van der Waals surface area contributed by atoms with Crippen molar-refractivity contribution in [3.8, 4) is 5.75 Å². The average Bonchev–Trinajstić information content (AvgIpc) is 2.42. The topological polar surface area (TPSA) is 29.5 Å². The van der Waals surface area contributed by atoms with Crippen LogP contribution in [-0.2, 0) is 6.61 Å². The first-order chi connectivity index (χ1) is 8.74. The summed E-state index contributed by atoms with van der Waals surface area (Å²) >= 11 is 7.70. The molecule has 2 aromatic rings. The zero-order valence-corrected chi connectivity index (χ0v) is 11.5. The van der Waals surface area contributed by atoms with Gasteiger partial charge in [0.05, 0.1) is 18.7 Å². The van der Waals surface area contributed by atoms with Gasteiger partial charge in [0.15, 0.2) is 0 Å². The molecule has 0 aromatic heterocycles. The second-order valence-electron chi connectivity index (χ2n) is 3.66. The quantitative estimate of drug-likeness (QED) is 0.918. The van der Waals surface area contributed by atoms with Crippen molar-refractivity contribution in [1.82, 2.24) is 0 Å². The Bertz CT molecular complexity index is 526. The van der Waals surface area contributed by atoms with Gasteiger partial charge < -0.3 is 9.84 Å². The lowest BCUT2D eigenvalue weighted by Crippen LogP contribution is -1.88. The van der Waals surface area contributed by atoms with Crippen LogP contribution < -0.4 is 4.74 Å². The SMILES string of the molecule is COc1ccc(Sc2c(Cl)cccc2CO)cc1. The van der Waals surface area contributed by atoms with Gasteiger partial charge in [-0.2, -0.15) is 0 Å². The molecule has 0 saturated heterocycles. The Balaban J connectivity index is 2.27. The van der Waals surface area contributed by atoms with Crippen molar-refractivity contribution >= 4 is 23.4 Å². The molecule has 0 heterocycles. The predicted octanol–water partition coefficient (Wildman–Crippen LogP) is 3.99. The number of hydrogen-bond acceptors (Lipinski definition) is 3. The molecule has 0 unspecified atom stereocenters. The van der Waals surface area contributed by atoms with Gasteiger partial charge in [-0.25, -0.2) is 0 Å². The molecule has 2 nitrogen and oxygen atoms in total. The molecule has 0 fully saturated rings. The lowest BCUT2D eigenvalue weighted by Gasteiger charge is -2.09. The summed E-state index contributed by atoms with van der Waals surface area (Å²) in [4.78, 5) is 1.95. The zero-order chi connectivity index (χ0) is 13.0. The summed E-state index contributed by atoms with van der Waals surface area (Å²) in [5.74, 6) is 0.820. The number of aliphatic hydroxyl groups excluding tert-OH is 1. The normalized spacial score (nSPS) is 10.4. The second kappa shape index (κ2) is 6.14. The largest absolute Gasteiger partial charge is 0.497 e. The summed E-state index contributed by atoms with van der Waals surface area (Å²) in [6.07, 6.45) is 0. The van der Waals surface area contributed by atoms with Gasteiger partial charge in [0, 0.05) is 9.79 Å². The van der Waals surface area contributed by atoms with Crippen LogP contribution in [0.5, 0.6) is 5.75 Å². The maximum absolute atomic E-state index is 9.31. The molecule has 0 aliphatic carbocycles. The number of aliphatic hydroxyl groups is 1. The summed E-state index contributed by atoms with van der Waals surface area (Å²) in [5, 5.41) is 9.97. The highest BCUT2D eigenvalue weighted by molar-refractivity contribution is 7.99. The van der Waals surface area contributed by atoms with E-state index in [1.54, 1.807) is 7.11 Å². The maximum atomic E-state index is 9.31. The number of rotatable bonds is 4. The van der Waals surface area contributed by atoms with E-state index in [4.69, 9.17) is 16.3 Å². The summed E-state index contributed by atoms with van der Waals surface area (Å²) in [6.45, 7) is -0.0148. The van der Waals surface area contributed by atoms with Gasteiger partial charge in [0.2, 0.25) is 0 Å². The predicted molar refractivity (Wildman–Crippen MR) is 74.5 cm³/mol. The first-order valence-electron chi connectivity index (χ1n) is 5.44. The molecule has 0 bridgehead atoms. The van der Waals surface area contributed by atoms with Gasteiger partial charge in [0.25, 0.3) is 0 Å². The highest BCUT2D eigenvalue weighted by Gasteiger charge is 2.08. The summed E-state index contributed by atoms with van der Waals surface area (Å²) in [5.41, 5.74) is 0.836. The third kappa shape index (κ3) is 2.99. The number of halogens is 1. The zero-order valence-electron chi connectivity index (χ0n) is 9.89. The van der Waals surface area contributed by atoms with Gasteiger partial charge in [-0.3, -0.25) is 0 Å². The number of ether oxygens (including phenoxy) is 1. The van der Waals surface area contributed by atoms with E-state index in [2.05, 4.69) is 0 Å². The van der Waals surface area contributed by atoms with Crippen LogP contribution in [0.25, 0.3) is 0 Å². The summed E-state index contributed by atoms with van der Waals surface area (Å²) < 4.78 is 5.11. The number of methoxy groups -OCH3 is 1. The molecule has 0 spiro atoms. The standard InChI is InChI=1S/C14H13ClO2S/c1-17-11-5-7-12(8-6-11)18-14-10(9-16)3-2-4-13(14)15/h2-8,16H,9H2,1H3. The molecular formula is C14H13ClO2S. The Morgan fingerprint density at radius 1 is 1.17 bits per heavy atom. The summed E-state index contributed by atoms with van der Waals surface area (Å²) in [6, 6.07) is 13.3. The Labute approximate surface area is 116 Å². The van der Waals surface area contributed by atoms with E-state index in [0.717, 1.165) is 21.1 Å². The maximum Gasteiger partial charge on any atom is 0.118 e. The number of hydrogen-bond donors (Lipinski definition) is 1. The molecule has 4 heteroatoms. The fourth-order valence-electron chi connectivity index (χ4n) is 1.55. The van der Waals surface area contributed by atoms with E-state index >= 15 is 0 Å². The third-order valence-corrected chi connectivity index (χ3v) is 4.12. The monoisotopic (exact) mass is 280 g/mol.